The van der Waals surface area contributed by atoms with Crippen LogP contribution in [0.1, 0.15) is 0 Å². The average molecular weight is 264 g/mol. The lowest BCUT2D eigenvalue weighted by atomic mass is 10.3. The zero-order chi connectivity index (χ0) is 11.0. The predicted octanol–water partition coefficient (Wildman–Crippen LogP) is 2.93. The van der Waals surface area contributed by atoms with Crippen LogP contribution in [-0.4, -0.2) is 19.9 Å². The third-order valence-electron chi connectivity index (χ3n) is 1.65. The summed E-state index contributed by atoms with van der Waals surface area (Å²) in [6, 6.07) is 4.38. The summed E-state index contributed by atoms with van der Waals surface area (Å²) in [7, 11) is 0. The molecule has 2 aromatic rings. The minimum Gasteiger partial charge on any atom is -0.478 e. The number of hydrogen-bond donors (Lipinski definition) is 1. The highest BCUT2D eigenvalue weighted by atomic mass is 35.5. The van der Waals surface area contributed by atoms with E-state index in [1.165, 1.54) is 4.68 Å². The Morgan fingerprint density at radius 3 is 2.13 bits per heavy atom. The second kappa shape index (κ2) is 3.89. The van der Waals surface area contributed by atoms with Crippen LogP contribution in [0.2, 0.25) is 15.3 Å². The van der Waals surface area contributed by atoms with Crippen molar-refractivity contribution in [3.05, 3.63) is 33.5 Å². The van der Waals surface area contributed by atoms with Crippen molar-refractivity contribution in [1.29, 1.82) is 0 Å². The van der Waals surface area contributed by atoms with Crippen LogP contribution in [0.3, 0.4) is 0 Å². The molecule has 1 heterocycles. The average Bonchev–Trinajstić information content (AvgIpc) is 2.43. The Kier molecular flexibility index (Phi) is 2.73. The molecule has 0 spiro atoms. The number of aromatic nitrogens is 3. The highest BCUT2D eigenvalue weighted by molar-refractivity contribution is 6.35. The van der Waals surface area contributed by atoms with Gasteiger partial charge in [-0.1, -0.05) is 23.2 Å². The van der Waals surface area contributed by atoms with E-state index in [0.29, 0.717) is 15.7 Å². The first kappa shape index (κ1) is 10.5. The van der Waals surface area contributed by atoms with Gasteiger partial charge in [-0.3, -0.25) is 0 Å². The molecule has 0 aliphatic heterocycles. The number of halogens is 3. The molecule has 15 heavy (non-hydrogen) atoms. The summed E-state index contributed by atoms with van der Waals surface area (Å²) >= 11 is 17.3. The molecule has 0 atom stereocenters. The van der Waals surface area contributed by atoms with Crippen molar-refractivity contribution in [3.63, 3.8) is 0 Å². The van der Waals surface area contributed by atoms with Crippen molar-refractivity contribution in [2.24, 2.45) is 0 Å². The second-order valence-electron chi connectivity index (χ2n) is 2.72. The van der Waals surface area contributed by atoms with Gasteiger partial charge in [0.05, 0.1) is 5.69 Å². The minimum absolute atomic E-state index is 0.0332. The Bertz CT molecular complexity index is 492. The minimum atomic E-state index is -0.406. The van der Waals surface area contributed by atoms with Crippen LogP contribution < -0.4 is 0 Å². The molecule has 4 nitrogen and oxygen atoms in total. The van der Waals surface area contributed by atoms with Crippen LogP contribution >= 0.6 is 34.8 Å². The summed E-state index contributed by atoms with van der Waals surface area (Å²) in [6.45, 7) is 0. The number of hydrogen-bond acceptors (Lipinski definition) is 3. The van der Waals surface area contributed by atoms with Gasteiger partial charge in [-0.25, -0.2) is 0 Å². The lowest BCUT2D eigenvalue weighted by Crippen LogP contribution is -1.96. The highest BCUT2D eigenvalue weighted by Gasteiger charge is 2.09. The van der Waals surface area contributed by atoms with Crippen molar-refractivity contribution in [2.45, 2.75) is 0 Å². The summed E-state index contributed by atoms with van der Waals surface area (Å²) in [5, 5.41) is 13.6. The molecule has 0 saturated heterocycles. The van der Waals surface area contributed by atoms with E-state index in [4.69, 9.17) is 39.9 Å². The topological polar surface area (TPSA) is 50.9 Å². The van der Waals surface area contributed by atoms with Gasteiger partial charge >= 0.3 is 6.01 Å². The molecule has 0 saturated carbocycles. The molecule has 1 aromatic heterocycles. The smallest absolute Gasteiger partial charge is 0.334 e. The maximum absolute atomic E-state index is 9.04. The SMILES string of the molecule is Oc1nc(Cl)n(-c2cc(Cl)cc(Cl)c2)n1. The van der Waals surface area contributed by atoms with Crippen LogP contribution in [0.25, 0.3) is 5.69 Å². The third kappa shape index (κ3) is 2.17. The highest BCUT2D eigenvalue weighted by Crippen LogP contribution is 2.24. The standard InChI is InChI=1S/C8H4Cl3N3O/c9-4-1-5(10)3-6(2-4)14-7(11)12-8(15)13-14/h1-3H,(H,13,15). The number of aromatic hydroxyl groups is 1. The summed E-state index contributed by atoms with van der Waals surface area (Å²) in [6.07, 6.45) is 0. The van der Waals surface area contributed by atoms with E-state index in [9.17, 15) is 0 Å². The summed E-state index contributed by atoms with van der Waals surface area (Å²) in [5.41, 5.74) is 0.533. The summed E-state index contributed by atoms with van der Waals surface area (Å²) < 4.78 is 1.23. The fourth-order valence-corrected chi connectivity index (χ4v) is 1.83. The van der Waals surface area contributed by atoms with Gasteiger partial charge in [-0.2, -0.15) is 9.67 Å². The Morgan fingerprint density at radius 1 is 1.07 bits per heavy atom. The molecular weight excluding hydrogens is 260 g/mol. The number of nitrogens with zero attached hydrogens (tertiary/aromatic N) is 3. The molecule has 2 rings (SSSR count). The van der Waals surface area contributed by atoms with Crippen LogP contribution in [0.4, 0.5) is 0 Å². The fourth-order valence-electron chi connectivity index (χ4n) is 1.11. The van der Waals surface area contributed by atoms with Crippen LogP contribution in [0.5, 0.6) is 6.01 Å². The van der Waals surface area contributed by atoms with E-state index in [1.54, 1.807) is 18.2 Å². The lowest BCUT2D eigenvalue weighted by Gasteiger charge is -2.02. The molecular formula is C8H4Cl3N3O. The molecule has 0 aliphatic rings. The largest absolute Gasteiger partial charge is 0.478 e. The maximum Gasteiger partial charge on any atom is 0.334 e. The lowest BCUT2D eigenvalue weighted by molar-refractivity contribution is 0.430. The van der Waals surface area contributed by atoms with Crippen molar-refractivity contribution < 1.29 is 5.11 Å². The molecule has 0 amide bonds. The van der Waals surface area contributed by atoms with Gasteiger partial charge in [0.2, 0.25) is 5.28 Å². The van der Waals surface area contributed by atoms with E-state index in [2.05, 4.69) is 10.1 Å². The van der Waals surface area contributed by atoms with Gasteiger partial charge in [-0.15, -0.1) is 5.10 Å². The summed E-state index contributed by atoms with van der Waals surface area (Å²) in [5.74, 6) is 0. The Labute approximate surface area is 100 Å². The first-order valence-corrected chi connectivity index (χ1v) is 4.97. The second-order valence-corrected chi connectivity index (χ2v) is 3.93. The van der Waals surface area contributed by atoms with Gasteiger partial charge in [0.1, 0.15) is 0 Å². The van der Waals surface area contributed by atoms with Gasteiger partial charge in [0.15, 0.2) is 0 Å². The molecule has 0 radical (unpaired) electrons. The van der Waals surface area contributed by atoms with Crippen molar-refractivity contribution in [2.75, 3.05) is 0 Å². The maximum atomic E-state index is 9.04. The zero-order valence-electron chi connectivity index (χ0n) is 7.15. The molecule has 78 valence electrons. The van der Waals surface area contributed by atoms with E-state index >= 15 is 0 Å². The first-order chi connectivity index (χ1) is 7.06. The van der Waals surface area contributed by atoms with Crippen LogP contribution in [0, 0.1) is 0 Å². The van der Waals surface area contributed by atoms with E-state index < -0.39 is 6.01 Å². The van der Waals surface area contributed by atoms with Crippen LogP contribution in [0.15, 0.2) is 18.2 Å². The fraction of sp³-hybridized carbons (Fsp3) is 0. The van der Waals surface area contributed by atoms with Gasteiger partial charge in [0, 0.05) is 10.0 Å². The Balaban J connectivity index is 2.58. The Morgan fingerprint density at radius 2 is 1.67 bits per heavy atom. The van der Waals surface area contributed by atoms with Gasteiger partial charge in [-0.05, 0) is 29.8 Å². The zero-order valence-corrected chi connectivity index (χ0v) is 9.42. The number of benzene rings is 1. The Hall–Kier alpha value is -0.970. The van der Waals surface area contributed by atoms with Crippen LogP contribution in [-0.2, 0) is 0 Å². The van der Waals surface area contributed by atoms with Crippen molar-refractivity contribution in [1.82, 2.24) is 14.8 Å². The van der Waals surface area contributed by atoms with Crippen molar-refractivity contribution in [3.8, 4) is 11.7 Å². The predicted molar refractivity (Wildman–Crippen MR) is 58.1 cm³/mol. The quantitative estimate of drug-likeness (QED) is 0.861. The molecule has 0 fully saturated rings. The molecule has 0 bridgehead atoms. The normalized spacial score (nSPS) is 10.6. The van der Waals surface area contributed by atoms with E-state index in [-0.39, 0.29) is 5.28 Å². The third-order valence-corrected chi connectivity index (χ3v) is 2.33. The molecule has 0 unspecified atom stereocenters. The van der Waals surface area contributed by atoms with E-state index in [1.807, 2.05) is 0 Å². The molecule has 1 aromatic carbocycles. The molecule has 7 heteroatoms. The summed E-state index contributed by atoms with van der Waals surface area (Å²) in [4.78, 5) is 3.53. The molecule has 1 N–H and O–H groups in total. The number of rotatable bonds is 1. The first-order valence-electron chi connectivity index (χ1n) is 3.84. The van der Waals surface area contributed by atoms with Gasteiger partial charge < -0.3 is 5.11 Å². The van der Waals surface area contributed by atoms with E-state index in [0.717, 1.165) is 0 Å². The van der Waals surface area contributed by atoms with Gasteiger partial charge in [0.25, 0.3) is 0 Å². The monoisotopic (exact) mass is 263 g/mol. The molecule has 0 aliphatic carbocycles. The van der Waals surface area contributed by atoms with Crippen molar-refractivity contribution >= 4 is 34.8 Å².